The number of benzene rings is 1. The van der Waals surface area contributed by atoms with Gasteiger partial charge in [0.05, 0.1) is 6.61 Å². The van der Waals surface area contributed by atoms with Crippen molar-refractivity contribution in [3.63, 3.8) is 0 Å². The third-order valence-corrected chi connectivity index (χ3v) is 3.92. The van der Waals surface area contributed by atoms with E-state index < -0.39 is 0 Å². The zero-order chi connectivity index (χ0) is 14.7. The molecule has 4 heteroatoms. The number of aryl methyl sites for hydroxylation is 1. The van der Waals surface area contributed by atoms with Crippen LogP contribution < -0.4 is 16.0 Å². The van der Waals surface area contributed by atoms with Gasteiger partial charge in [0.2, 0.25) is 0 Å². The molecule has 1 heterocycles. The molecule has 110 valence electrons. The molecule has 1 aliphatic rings. The minimum absolute atomic E-state index is 0.100. The summed E-state index contributed by atoms with van der Waals surface area (Å²) in [6.45, 7) is 1.32. The fraction of sp³-hybridized carbons (Fsp3) is 0.353. The highest BCUT2D eigenvalue weighted by Crippen LogP contribution is 2.20. The van der Waals surface area contributed by atoms with E-state index in [0.29, 0.717) is 6.61 Å². The van der Waals surface area contributed by atoms with E-state index in [1.165, 1.54) is 11.3 Å². The van der Waals surface area contributed by atoms with Gasteiger partial charge in [-0.3, -0.25) is 4.79 Å². The van der Waals surface area contributed by atoms with Crippen LogP contribution in [0, 0.1) is 0 Å². The van der Waals surface area contributed by atoms with Gasteiger partial charge >= 0.3 is 0 Å². The highest BCUT2D eigenvalue weighted by molar-refractivity contribution is 5.41. The van der Waals surface area contributed by atoms with Crippen molar-refractivity contribution in [1.29, 1.82) is 0 Å². The molecular weight excluding hydrogens is 264 g/mol. The molecule has 0 amide bonds. The third kappa shape index (κ3) is 3.10. The molecule has 0 fully saturated rings. The SMILES string of the molecule is Nc1ccc(OCCCn2c3c(ccc2=O)CCC3)cc1. The standard InChI is InChI=1S/C17H20N2O2/c18-14-6-8-15(9-7-14)21-12-2-11-19-16-4-1-3-13(16)5-10-17(19)20/h5-10H,1-4,11-12,18H2. The monoisotopic (exact) mass is 284 g/mol. The number of nitrogens with zero attached hydrogens (tertiary/aromatic N) is 1. The number of aromatic nitrogens is 1. The van der Waals surface area contributed by atoms with E-state index in [1.807, 2.05) is 34.9 Å². The summed E-state index contributed by atoms with van der Waals surface area (Å²) in [7, 11) is 0. The van der Waals surface area contributed by atoms with E-state index in [4.69, 9.17) is 10.5 Å². The molecule has 0 bridgehead atoms. The van der Waals surface area contributed by atoms with Crippen molar-refractivity contribution >= 4 is 5.69 Å². The number of hydrogen-bond acceptors (Lipinski definition) is 3. The van der Waals surface area contributed by atoms with Crippen LogP contribution in [0.5, 0.6) is 5.75 Å². The number of fused-ring (bicyclic) bond motifs is 1. The Morgan fingerprint density at radius 3 is 2.71 bits per heavy atom. The minimum Gasteiger partial charge on any atom is -0.494 e. The van der Waals surface area contributed by atoms with Crippen molar-refractivity contribution in [2.45, 2.75) is 32.2 Å². The Morgan fingerprint density at radius 1 is 1.10 bits per heavy atom. The molecule has 3 rings (SSSR count). The molecule has 21 heavy (non-hydrogen) atoms. The zero-order valence-electron chi connectivity index (χ0n) is 12.0. The van der Waals surface area contributed by atoms with Gasteiger partial charge in [-0.25, -0.2) is 0 Å². The van der Waals surface area contributed by atoms with Crippen LogP contribution in [0.4, 0.5) is 5.69 Å². The number of hydrogen-bond donors (Lipinski definition) is 1. The lowest BCUT2D eigenvalue weighted by atomic mass is 10.2. The van der Waals surface area contributed by atoms with Gasteiger partial charge in [-0.15, -0.1) is 0 Å². The third-order valence-electron chi connectivity index (χ3n) is 3.92. The Bertz CT molecular complexity index is 674. The number of anilines is 1. The summed E-state index contributed by atoms with van der Waals surface area (Å²) in [6, 6.07) is 11.0. The fourth-order valence-corrected chi connectivity index (χ4v) is 2.86. The maximum atomic E-state index is 12.0. The Hall–Kier alpha value is -2.23. The molecule has 0 radical (unpaired) electrons. The van der Waals surface area contributed by atoms with E-state index in [0.717, 1.165) is 43.7 Å². The number of nitrogens with two attached hydrogens (primary N) is 1. The molecule has 1 aliphatic carbocycles. The first-order chi connectivity index (χ1) is 10.2. The number of pyridine rings is 1. The molecular formula is C17H20N2O2. The van der Waals surface area contributed by atoms with Gasteiger partial charge < -0.3 is 15.0 Å². The van der Waals surface area contributed by atoms with Gasteiger partial charge in [-0.05, 0) is 55.5 Å². The largest absolute Gasteiger partial charge is 0.494 e. The molecule has 2 aromatic rings. The average molecular weight is 284 g/mol. The van der Waals surface area contributed by atoms with Gasteiger partial charge in [0.25, 0.3) is 5.56 Å². The topological polar surface area (TPSA) is 57.2 Å². The minimum atomic E-state index is 0.100. The molecule has 0 spiro atoms. The van der Waals surface area contributed by atoms with Crippen LogP contribution in [0.3, 0.4) is 0 Å². The lowest BCUT2D eigenvalue weighted by molar-refractivity contribution is 0.300. The van der Waals surface area contributed by atoms with Crippen molar-refractivity contribution in [2.24, 2.45) is 0 Å². The first-order valence-electron chi connectivity index (χ1n) is 7.44. The number of ether oxygens (including phenoxy) is 1. The van der Waals surface area contributed by atoms with Gasteiger partial charge in [0.15, 0.2) is 0 Å². The fourth-order valence-electron chi connectivity index (χ4n) is 2.86. The summed E-state index contributed by atoms with van der Waals surface area (Å²) in [6.07, 6.45) is 4.09. The van der Waals surface area contributed by atoms with E-state index >= 15 is 0 Å². The van der Waals surface area contributed by atoms with Crippen LogP contribution in [0.1, 0.15) is 24.1 Å². The Labute approximate surface area is 124 Å². The van der Waals surface area contributed by atoms with Crippen LogP contribution in [0.15, 0.2) is 41.2 Å². The highest BCUT2D eigenvalue weighted by Gasteiger charge is 2.15. The van der Waals surface area contributed by atoms with Gasteiger partial charge in [-0.1, -0.05) is 6.07 Å². The van der Waals surface area contributed by atoms with Gasteiger partial charge in [-0.2, -0.15) is 0 Å². The van der Waals surface area contributed by atoms with Crippen LogP contribution in [0.25, 0.3) is 0 Å². The first kappa shape index (κ1) is 13.7. The molecule has 0 unspecified atom stereocenters. The molecule has 1 aromatic carbocycles. The Morgan fingerprint density at radius 2 is 1.90 bits per heavy atom. The van der Waals surface area contributed by atoms with E-state index in [-0.39, 0.29) is 5.56 Å². The van der Waals surface area contributed by atoms with Crippen molar-refractivity contribution < 1.29 is 4.74 Å². The number of rotatable bonds is 5. The maximum Gasteiger partial charge on any atom is 0.250 e. The molecule has 0 atom stereocenters. The lowest BCUT2D eigenvalue weighted by Gasteiger charge is -2.12. The normalized spacial score (nSPS) is 13.1. The predicted octanol–water partition coefficient (Wildman–Crippen LogP) is 2.39. The van der Waals surface area contributed by atoms with E-state index in [1.54, 1.807) is 6.07 Å². The summed E-state index contributed by atoms with van der Waals surface area (Å²) in [5.74, 6) is 0.815. The predicted molar refractivity (Wildman–Crippen MR) is 83.7 cm³/mol. The summed E-state index contributed by atoms with van der Waals surface area (Å²) in [4.78, 5) is 12.0. The summed E-state index contributed by atoms with van der Waals surface area (Å²) in [5.41, 5.74) is 9.01. The molecule has 0 saturated heterocycles. The first-order valence-corrected chi connectivity index (χ1v) is 7.44. The van der Waals surface area contributed by atoms with Crippen LogP contribution in [-0.4, -0.2) is 11.2 Å². The van der Waals surface area contributed by atoms with Crippen LogP contribution >= 0.6 is 0 Å². The average Bonchev–Trinajstić information content (AvgIpc) is 2.96. The molecule has 4 nitrogen and oxygen atoms in total. The molecule has 0 saturated carbocycles. The van der Waals surface area contributed by atoms with Crippen molar-refractivity contribution in [3.8, 4) is 5.75 Å². The van der Waals surface area contributed by atoms with Crippen LogP contribution in [0.2, 0.25) is 0 Å². The Balaban J connectivity index is 1.58. The van der Waals surface area contributed by atoms with Crippen molar-refractivity contribution in [3.05, 3.63) is 58.0 Å². The summed E-state index contributed by atoms with van der Waals surface area (Å²) < 4.78 is 7.58. The Kier molecular flexibility index (Phi) is 3.95. The maximum absolute atomic E-state index is 12.0. The van der Waals surface area contributed by atoms with Crippen molar-refractivity contribution in [1.82, 2.24) is 4.57 Å². The van der Waals surface area contributed by atoms with Crippen LogP contribution in [-0.2, 0) is 19.4 Å². The zero-order valence-corrected chi connectivity index (χ0v) is 12.0. The second kappa shape index (κ2) is 6.04. The van der Waals surface area contributed by atoms with E-state index in [2.05, 4.69) is 0 Å². The smallest absolute Gasteiger partial charge is 0.250 e. The summed E-state index contributed by atoms with van der Waals surface area (Å²) >= 11 is 0. The second-order valence-corrected chi connectivity index (χ2v) is 5.42. The quantitative estimate of drug-likeness (QED) is 0.677. The van der Waals surface area contributed by atoms with Gasteiger partial charge in [0, 0.05) is 24.0 Å². The van der Waals surface area contributed by atoms with Gasteiger partial charge in [0.1, 0.15) is 5.75 Å². The second-order valence-electron chi connectivity index (χ2n) is 5.42. The number of nitrogen functional groups attached to an aromatic ring is 1. The van der Waals surface area contributed by atoms with E-state index in [9.17, 15) is 4.79 Å². The molecule has 0 aliphatic heterocycles. The molecule has 1 aromatic heterocycles. The lowest BCUT2D eigenvalue weighted by Crippen LogP contribution is -2.23. The summed E-state index contributed by atoms with van der Waals surface area (Å²) in [5, 5.41) is 0. The molecule has 2 N–H and O–H groups in total. The highest BCUT2D eigenvalue weighted by atomic mass is 16.5. The van der Waals surface area contributed by atoms with Crippen molar-refractivity contribution in [2.75, 3.05) is 12.3 Å².